The zero-order valence-corrected chi connectivity index (χ0v) is 10.7. The Labute approximate surface area is 112 Å². The van der Waals surface area contributed by atoms with E-state index in [1.807, 2.05) is 0 Å². The van der Waals surface area contributed by atoms with Crippen molar-refractivity contribution < 1.29 is 32.2 Å². The van der Waals surface area contributed by atoms with E-state index in [-0.39, 0.29) is 15.0 Å². The number of halogens is 5. The SMILES string of the molecule is O=C(O)Cc1c(OC(F)(F)F)cc(CF)nc1I. The molecular weight excluding hydrogens is 373 g/mol. The Morgan fingerprint density at radius 2 is 2.11 bits per heavy atom. The minimum absolute atomic E-state index is 0.0376. The van der Waals surface area contributed by atoms with E-state index in [1.54, 1.807) is 0 Å². The van der Waals surface area contributed by atoms with Gasteiger partial charge in [0.05, 0.1) is 12.1 Å². The molecule has 0 atom stereocenters. The van der Waals surface area contributed by atoms with Crippen molar-refractivity contribution in [3.8, 4) is 5.75 Å². The van der Waals surface area contributed by atoms with E-state index in [2.05, 4.69) is 9.72 Å². The van der Waals surface area contributed by atoms with Crippen molar-refractivity contribution in [1.29, 1.82) is 0 Å². The van der Waals surface area contributed by atoms with Gasteiger partial charge in [0.1, 0.15) is 16.1 Å². The second-order valence-corrected chi connectivity index (χ2v) is 4.15. The van der Waals surface area contributed by atoms with Crippen molar-refractivity contribution >= 4 is 28.6 Å². The number of pyridine rings is 1. The molecule has 0 aliphatic heterocycles. The van der Waals surface area contributed by atoms with Crippen molar-refractivity contribution in [3.05, 3.63) is 21.0 Å². The van der Waals surface area contributed by atoms with E-state index in [9.17, 15) is 22.4 Å². The molecule has 0 spiro atoms. The van der Waals surface area contributed by atoms with E-state index < -0.39 is 31.2 Å². The first-order valence-corrected chi connectivity index (χ1v) is 5.52. The molecule has 1 aromatic heterocycles. The summed E-state index contributed by atoms with van der Waals surface area (Å²) in [6, 6.07) is 0.744. The van der Waals surface area contributed by atoms with Gasteiger partial charge in [-0.15, -0.1) is 13.2 Å². The zero-order chi connectivity index (χ0) is 13.9. The van der Waals surface area contributed by atoms with Crippen molar-refractivity contribution in [2.45, 2.75) is 19.5 Å². The second kappa shape index (κ2) is 5.67. The van der Waals surface area contributed by atoms with Crippen LogP contribution in [0.25, 0.3) is 0 Å². The lowest BCUT2D eigenvalue weighted by Crippen LogP contribution is -2.20. The zero-order valence-electron chi connectivity index (χ0n) is 8.59. The Morgan fingerprint density at radius 3 is 2.56 bits per heavy atom. The molecule has 0 fully saturated rings. The van der Waals surface area contributed by atoms with Gasteiger partial charge in [0, 0.05) is 11.6 Å². The third-order valence-corrected chi connectivity index (χ3v) is 2.67. The number of ether oxygens (including phenoxy) is 1. The molecule has 0 bridgehead atoms. The third kappa shape index (κ3) is 4.27. The Kier molecular flexibility index (Phi) is 4.71. The average molecular weight is 379 g/mol. The molecule has 0 aromatic carbocycles. The summed E-state index contributed by atoms with van der Waals surface area (Å²) in [5.41, 5.74) is -0.495. The topological polar surface area (TPSA) is 59.4 Å². The molecule has 0 saturated heterocycles. The highest BCUT2D eigenvalue weighted by atomic mass is 127. The van der Waals surface area contributed by atoms with Gasteiger partial charge in [0.15, 0.2) is 0 Å². The Bertz CT molecular complexity index is 464. The van der Waals surface area contributed by atoms with E-state index in [1.165, 1.54) is 22.6 Å². The van der Waals surface area contributed by atoms with Gasteiger partial charge in [-0.25, -0.2) is 9.37 Å². The molecule has 0 amide bonds. The third-order valence-electron chi connectivity index (χ3n) is 1.78. The number of aliphatic carboxylic acids is 1. The molecule has 4 nitrogen and oxygen atoms in total. The number of rotatable bonds is 4. The predicted molar refractivity (Wildman–Crippen MR) is 59.8 cm³/mol. The smallest absolute Gasteiger partial charge is 0.481 e. The maximum absolute atomic E-state index is 12.4. The molecule has 0 aliphatic rings. The summed E-state index contributed by atoms with van der Waals surface area (Å²) < 4.78 is 52.5. The van der Waals surface area contributed by atoms with Crippen molar-refractivity contribution in [2.75, 3.05) is 0 Å². The Hall–Kier alpha value is -1.13. The molecule has 1 heterocycles. The first kappa shape index (κ1) is 14.9. The molecule has 0 radical (unpaired) electrons. The number of carboxylic acids is 1. The summed E-state index contributed by atoms with van der Waals surface area (Å²) in [7, 11) is 0. The van der Waals surface area contributed by atoms with Crippen molar-refractivity contribution in [2.24, 2.45) is 0 Å². The highest BCUT2D eigenvalue weighted by Gasteiger charge is 2.33. The van der Waals surface area contributed by atoms with Crippen LogP contribution in [0.5, 0.6) is 5.75 Å². The van der Waals surface area contributed by atoms with E-state index >= 15 is 0 Å². The average Bonchev–Trinajstić information content (AvgIpc) is 2.20. The maximum atomic E-state index is 12.4. The molecule has 0 saturated carbocycles. The van der Waals surface area contributed by atoms with Gasteiger partial charge in [0.25, 0.3) is 0 Å². The highest BCUT2D eigenvalue weighted by Crippen LogP contribution is 2.30. The van der Waals surface area contributed by atoms with Crippen LogP contribution in [0.1, 0.15) is 11.3 Å². The van der Waals surface area contributed by atoms with Crippen LogP contribution in [0.3, 0.4) is 0 Å². The number of carboxylic acid groups (broad SMARTS) is 1. The van der Waals surface area contributed by atoms with Crippen LogP contribution in [-0.2, 0) is 17.9 Å². The van der Waals surface area contributed by atoms with Crippen molar-refractivity contribution in [1.82, 2.24) is 4.98 Å². The fourth-order valence-corrected chi connectivity index (χ4v) is 1.93. The summed E-state index contributed by atoms with van der Waals surface area (Å²) in [6.45, 7) is -1.07. The van der Waals surface area contributed by atoms with Crippen LogP contribution < -0.4 is 4.74 Å². The standard InChI is InChI=1S/C9H6F4INO3/c10-3-4-1-6(18-9(11,12)13)5(2-7(16)17)8(14)15-4/h1H,2-3H2,(H,16,17). The van der Waals surface area contributed by atoms with E-state index in [0.29, 0.717) is 0 Å². The van der Waals surface area contributed by atoms with Gasteiger partial charge in [-0.2, -0.15) is 0 Å². The first-order valence-electron chi connectivity index (χ1n) is 4.44. The van der Waals surface area contributed by atoms with Crippen molar-refractivity contribution in [3.63, 3.8) is 0 Å². The Balaban J connectivity index is 3.24. The van der Waals surface area contributed by atoms with Crippen LogP contribution in [0, 0.1) is 3.70 Å². The lowest BCUT2D eigenvalue weighted by Gasteiger charge is -2.14. The van der Waals surface area contributed by atoms with Gasteiger partial charge < -0.3 is 9.84 Å². The van der Waals surface area contributed by atoms with Gasteiger partial charge in [-0.3, -0.25) is 4.79 Å². The fourth-order valence-electron chi connectivity index (χ4n) is 1.16. The molecule has 0 aliphatic carbocycles. The minimum Gasteiger partial charge on any atom is -0.481 e. The molecule has 1 rings (SSSR count). The Morgan fingerprint density at radius 1 is 1.50 bits per heavy atom. The van der Waals surface area contributed by atoms with Gasteiger partial charge in [0.2, 0.25) is 0 Å². The largest absolute Gasteiger partial charge is 0.573 e. The summed E-state index contributed by atoms with van der Waals surface area (Å²) in [5, 5.41) is 8.60. The lowest BCUT2D eigenvalue weighted by molar-refractivity contribution is -0.275. The number of carbonyl (C=O) groups is 1. The number of hydrogen-bond donors (Lipinski definition) is 1. The molecule has 1 aromatic rings. The second-order valence-electron chi connectivity index (χ2n) is 3.13. The highest BCUT2D eigenvalue weighted by molar-refractivity contribution is 14.1. The first-order chi connectivity index (χ1) is 8.23. The van der Waals surface area contributed by atoms with Crippen LogP contribution in [-0.4, -0.2) is 22.4 Å². The quantitative estimate of drug-likeness (QED) is 0.497. The number of nitrogens with zero attached hydrogens (tertiary/aromatic N) is 1. The molecular formula is C9H6F4INO3. The van der Waals surface area contributed by atoms with Crippen LogP contribution in [0.15, 0.2) is 6.07 Å². The molecule has 0 unspecified atom stereocenters. The normalized spacial score (nSPS) is 11.4. The van der Waals surface area contributed by atoms with Gasteiger partial charge in [-0.1, -0.05) is 0 Å². The fraction of sp³-hybridized carbons (Fsp3) is 0.333. The summed E-state index contributed by atoms with van der Waals surface area (Å²) in [4.78, 5) is 14.2. The summed E-state index contributed by atoms with van der Waals surface area (Å²) in [6.07, 6.45) is -5.67. The summed E-state index contributed by atoms with van der Waals surface area (Å²) in [5.74, 6) is -2.08. The molecule has 18 heavy (non-hydrogen) atoms. The van der Waals surface area contributed by atoms with E-state index in [4.69, 9.17) is 5.11 Å². The molecule has 1 N–H and O–H groups in total. The number of hydrogen-bond acceptors (Lipinski definition) is 3. The van der Waals surface area contributed by atoms with Gasteiger partial charge >= 0.3 is 12.3 Å². The monoisotopic (exact) mass is 379 g/mol. The summed E-state index contributed by atoms with van der Waals surface area (Å²) >= 11 is 1.53. The van der Waals surface area contributed by atoms with Crippen LogP contribution in [0.2, 0.25) is 0 Å². The molecule has 100 valence electrons. The predicted octanol–water partition coefficient (Wildman–Crippen LogP) is 2.68. The lowest BCUT2D eigenvalue weighted by atomic mass is 10.2. The van der Waals surface area contributed by atoms with Crippen LogP contribution >= 0.6 is 22.6 Å². The van der Waals surface area contributed by atoms with Crippen LogP contribution in [0.4, 0.5) is 17.6 Å². The van der Waals surface area contributed by atoms with E-state index in [0.717, 1.165) is 6.07 Å². The maximum Gasteiger partial charge on any atom is 0.573 e. The molecule has 9 heteroatoms. The minimum atomic E-state index is -4.98. The number of aromatic nitrogens is 1. The number of alkyl halides is 4. The van der Waals surface area contributed by atoms with Gasteiger partial charge in [-0.05, 0) is 22.6 Å².